The molecular weight excluding hydrogens is 587 g/mol. The smallest absolute Gasteiger partial charge is 0.224 e. The van der Waals surface area contributed by atoms with Gasteiger partial charge in [-0.2, -0.15) is 10.2 Å². The fourth-order valence-electron chi connectivity index (χ4n) is 12.1. The molecule has 9 aliphatic rings. The van der Waals surface area contributed by atoms with Crippen LogP contribution >= 0.6 is 23.2 Å². The van der Waals surface area contributed by atoms with Gasteiger partial charge in [0.15, 0.2) is 0 Å². The van der Waals surface area contributed by atoms with Crippen LogP contribution in [0.1, 0.15) is 58.4 Å². The molecule has 7 aliphatic carbocycles. The van der Waals surface area contributed by atoms with Crippen LogP contribution in [0.4, 0.5) is 0 Å². The first-order valence-electron chi connectivity index (χ1n) is 15.9. The Bertz CT molecular complexity index is 1950. The molecule has 8 bridgehead atoms. The molecule has 2 aliphatic heterocycles. The summed E-state index contributed by atoms with van der Waals surface area (Å²) in [5.41, 5.74) is 5.87. The van der Waals surface area contributed by atoms with E-state index in [1.54, 1.807) is 0 Å². The number of hydrogen-bond acceptors (Lipinski definition) is 6. The van der Waals surface area contributed by atoms with E-state index in [2.05, 4.69) is 65.7 Å². The average molecular weight is 616 g/mol. The predicted molar refractivity (Wildman–Crippen MR) is 165 cm³/mol. The Balaban J connectivity index is 1.27. The summed E-state index contributed by atoms with van der Waals surface area (Å²) in [6.07, 6.45) is 11.0. The number of halogens is 2. The van der Waals surface area contributed by atoms with Gasteiger partial charge in [-0.1, -0.05) is 60.2 Å². The van der Waals surface area contributed by atoms with Crippen molar-refractivity contribution in [1.29, 1.82) is 0 Å². The van der Waals surface area contributed by atoms with Gasteiger partial charge in [-0.25, -0.2) is 9.97 Å². The van der Waals surface area contributed by atoms with Crippen molar-refractivity contribution in [3.63, 3.8) is 0 Å². The van der Waals surface area contributed by atoms with Crippen LogP contribution in [0, 0.1) is 47.3 Å². The summed E-state index contributed by atoms with van der Waals surface area (Å²) in [6.45, 7) is 0. The standard InChI is InChI=1S/C36H28Cl2N6/c37-33-27-25-19-7-1-2-8-20(19)26(32(27)41-34(38)42-33)22-16-21(25)30-31(22)36(24-10-4-6-14-40-24)29-18-12-11-17(15-18)28(29)35(30,43-44-36)23-9-3-5-13-39-23/h1-14,17-18,21-22,25-26,28-31H,15-16H2/t17-,18+,21-,22+,25+,26-,28+,29-,30-,31+,35+,36-/m0/s1. The number of azo groups is 1. The highest BCUT2D eigenvalue weighted by Gasteiger charge is 2.81. The van der Waals surface area contributed by atoms with Crippen molar-refractivity contribution in [2.75, 3.05) is 0 Å². The van der Waals surface area contributed by atoms with Crippen molar-refractivity contribution in [3.05, 3.63) is 129 Å². The quantitative estimate of drug-likeness (QED) is 0.131. The molecule has 5 heterocycles. The van der Waals surface area contributed by atoms with E-state index in [1.165, 1.54) is 11.1 Å². The predicted octanol–water partition coefficient (Wildman–Crippen LogP) is 7.74. The van der Waals surface area contributed by atoms with Crippen LogP contribution < -0.4 is 0 Å². The second-order valence-electron chi connectivity index (χ2n) is 14.1. The summed E-state index contributed by atoms with van der Waals surface area (Å²) in [7, 11) is 0. The largest absolute Gasteiger partial charge is 0.259 e. The van der Waals surface area contributed by atoms with E-state index in [0.717, 1.165) is 35.5 Å². The van der Waals surface area contributed by atoms with Crippen LogP contribution in [0.25, 0.3) is 0 Å². The Labute approximate surface area is 265 Å². The zero-order chi connectivity index (χ0) is 28.9. The Hall–Kier alpha value is -3.48. The lowest BCUT2D eigenvalue weighted by atomic mass is 9.42. The minimum atomic E-state index is -0.525. The minimum Gasteiger partial charge on any atom is -0.259 e. The third-order valence-electron chi connectivity index (χ3n) is 12.9. The lowest BCUT2D eigenvalue weighted by molar-refractivity contribution is -0.124. The number of pyridine rings is 2. The van der Waals surface area contributed by atoms with Gasteiger partial charge < -0.3 is 0 Å². The minimum absolute atomic E-state index is 0.0407. The second kappa shape index (κ2) is 8.21. The molecule has 216 valence electrons. The molecule has 12 atom stereocenters. The molecule has 0 saturated heterocycles. The highest BCUT2D eigenvalue weighted by atomic mass is 35.5. The van der Waals surface area contributed by atoms with Crippen molar-refractivity contribution < 1.29 is 0 Å². The summed E-state index contributed by atoms with van der Waals surface area (Å²) >= 11 is 13.7. The Morgan fingerprint density at radius 1 is 0.614 bits per heavy atom. The highest BCUT2D eigenvalue weighted by Crippen LogP contribution is 2.81. The van der Waals surface area contributed by atoms with Gasteiger partial charge in [-0.05, 0) is 83.5 Å². The molecular formula is C36H28Cl2N6. The summed E-state index contributed by atoms with van der Waals surface area (Å²) in [5, 5.41) is 11.9. The SMILES string of the molecule is Clc1nc(Cl)c2c(n1)[C@H]1c3ccccc3[C@@H]2[C@@H]2C[C@H]1[C@@H]1[C@H]2[C@]2(c3ccccn3)N=N[C@@]1(c1ccccn1)[C@@H]1[C@H]2[C@H]2C=C[C@@H]1C2. The van der Waals surface area contributed by atoms with Crippen molar-refractivity contribution in [1.82, 2.24) is 19.9 Å². The van der Waals surface area contributed by atoms with Crippen LogP contribution in [-0.2, 0) is 11.1 Å². The molecule has 3 saturated carbocycles. The maximum Gasteiger partial charge on any atom is 0.224 e. The van der Waals surface area contributed by atoms with E-state index in [-0.39, 0.29) is 40.8 Å². The normalized spacial score (nSPS) is 42.1. The number of allylic oxidation sites excluding steroid dienone is 2. The third-order valence-corrected chi connectivity index (χ3v) is 13.4. The summed E-state index contributed by atoms with van der Waals surface area (Å²) in [5.74, 6) is 2.51. The van der Waals surface area contributed by atoms with E-state index in [1.807, 2.05) is 24.5 Å². The fourth-order valence-corrected chi connectivity index (χ4v) is 12.6. The first-order chi connectivity index (χ1) is 21.6. The molecule has 8 heteroatoms. The number of nitrogens with zero attached hydrogens (tertiary/aromatic N) is 6. The van der Waals surface area contributed by atoms with E-state index < -0.39 is 11.1 Å². The Morgan fingerprint density at radius 2 is 1.18 bits per heavy atom. The summed E-state index contributed by atoms with van der Waals surface area (Å²) < 4.78 is 0. The van der Waals surface area contributed by atoms with Crippen LogP contribution in [0.3, 0.4) is 0 Å². The lowest BCUT2D eigenvalue weighted by Gasteiger charge is -2.65. The van der Waals surface area contributed by atoms with Crippen LogP contribution in [-0.4, -0.2) is 19.9 Å². The maximum atomic E-state index is 7.08. The Kier molecular flexibility index (Phi) is 4.63. The average Bonchev–Trinajstić information content (AvgIpc) is 3.76. The number of fused-ring (bicyclic) bond motifs is 2. The maximum absolute atomic E-state index is 7.08. The molecule has 44 heavy (non-hydrogen) atoms. The van der Waals surface area contributed by atoms with Gasteiger partial charge in [0.05, 0.1) is 17.1 Å². The van der Waals surface area contributed by atoms with Crippen molar-refractivity contribution in [2.45, 2.75) is 35.8 Å². The molecule has 13 rings (SSSR count). The van der Waals surface area contributed by atoms with Gasteiger partial charge >= 0.3 is 0 Å². The molecule has 0 radical (unpaired) electrons. The van der Waals surface area contributed by atoms with Crippen LogP contribution in [0.15, 0.2) is 95.4 Å². The van der Waals surface area contributed by atoms with Crippen molar-refractivity contribution in [2.24, 2.45) is 57.6 Å². The number of benzene rings is 1. The van der Waals surface area contributed by atoms with Crippen molar-refractivity contribution >= 4 is 23.2 Å². The van der Waals surface area contributed by atoms with E-state index >= 15 is 0 Å². The fraction of sp³-hybridized carbons (Fsp3) is 0.389. The monoisotopic (exact) mass is 614 g/mol. The summed E-state index contributed by atoms with van der Waals surface area (Å²) in [6, 6.07) is 21.7. The third kappa shape index (κ3) is 2.63. The van der Waals surface area contributed by atoms with Crippen LogP contribution in [0.2, 0.25) is 10.4 Å². The van der Waals surface area contributed by atoms with Gasteiger partial charge in [0.1, 0.15) is 16.2 Å². The molecule has 3 fully saturated rings. The van der Waals surface area contributed by atoms with E-state index in [4.69, 9.17) is 48.4 Å². The number of aromatic nitrogens is 4. The van der Waals surface area contributed by atoms with Gasteiger partial charge in [-0.15, -0.1) is 0 Å². The van der Waals surface area contributed by atoms with Crippen molar-refractivity contribution in [3.8, 4) is 0 Å². The second-order valence-corrected chi connectivity index (χ2v) is 14.8. The molecule has 3 aromatic heterocycles. The zero-order valence-corrected chi connectivity index (χ0v) is 25.2. The summed E-state index contributed by atoms with van der Waals surface area (Å²) in [4.78, 5) is 19.8. The molecule has 6 nitrogen and oxygen atoms in total. The lowest BCUT2D eigenvalue weighted by Crippen LogP contribution is -2.67. The Morgan fingerprint density at radius 3 is 1.77 bits per heavy atom. The first-order valence-corrected chi connectivity index (χ1v) is 16.7. The van der Waals surface area contributed by atoms with Gasteiger partial charge in [0.2, 0.25) is 5.28 Å². The van der Waals surface area contributed by atoms with E-state index in [9.17, 15) is 0 Å². The molecule has 1 aromatic carbocycles. The van der Waals surface area contributed by atoms with Gasteiger partial charge in [0.25, 0.3) is 0 Å². The molecule has 0 spiro atoms. The molecule has 0 unspecified atom stereocenters. The molecule has 0 N–H and O–H groups in total. The topological polar surface area (TPSA) is 76.3 Å². The zero-order valence-electron chi connectivity index (χ0n) is 23.7. The first kappa shape index (κ1) is 24.8. The molecule has 4 aromatic rings. The number of hydrogen-bond donors (Lipinski definition) is 0. The van der Waals surface area contributed by atoms with Gasteiger partial charge in [-0.3, -0.25) is 9.97 Å². The molecule has 0 amide bonds. The number of rotatable bonds is 2. The van der Waals surface area contributed by atoms with E-state index in [0.29, 0.717) is 28.8 Å². The highest BCUT2D eigenvalue weighted by molar-refractivity contribution is 6.32. The van der Waals surface area contributed by atoms with Gasteiger partial charge in [0, 0.05) is 53.5 Å². The van der Waals surface area contributed by atoms with Crippen LogP contribution in [0.5, 0.6) is 0 Å².